The quantitative estimate of drug-likeness (QED) is 0.716. The predicted molar refractivity (Wildman–Crippen MR) is 90.4 cm³/mol. The van der Waals surface area contributed by atoms with Gasteiger partial charge >= 0.3 is 0 Å². The summed E-state index contributed by atoms with van der Waals surface area (Å²) in [6.07, 6.45) is -1.08. The fraction of sp³-hybridized carbons (Fsp3) is 0.176. The number of primary amides is 1. The minimum Gasteiger partial charge on any atom is -0.378 e. The van der Waals surface area contributed by atoms with Crippen LogP contribution >= 0.6 is 15.9 Å². The third-order valence-electron chi connectivity index (χ3n) is 3.38. The highest BCUT2D eigenvalue weighted by Gasteiger charge is 2.23. The zero-order valence-corrected chi connectivity index (χ0v) is 13.9. The van der Waals surface area contributed by atoms with Gasteiger partial charge in [0, 0.05) is 10.9 Å². The molecule has 0 radical (unpaired) electrons. The van der Waals surface area contributed by atoms with E-state index in [0.717, 1.165) is 10.0 Å². The summed E-state index contributed by atoms with van der Waals surface area (Å²) in [5, 5.41) is 12.6. The molecule has 0 bridgehead atoms. The van der Waals surface area contributed by atoms with Crippen LogP contribution in [0.25, 0.3) is 0 Å². The zero-order valence-electron chi connectivity index (χ0n) is 12.3. The van der Waals surface area contributed by atoms with Gasteiger partial charge < -0.3 is 16.2 Å². The largest absolute Gasteiger partial charge is 0.378 e. The van der Waals surface area contributed by atoms with E-state index in [1.807, 2.05) is 24.3 Å². The Morgan fingerprint density at radius 1 is 1.09 bits per heavy atom. The number of halogens is 1. The lowest BCUT2D eigenvalue weighted by Gasteiger charge is -2.18. The summed E-state index contributed by atoms with van der Waals surface area (Å²) >= 11 is 3.33. The summed E-state index contributed by atoms with van der Waals surface area (Å²) in [5.74, 6) is -1.31. The Morgan fingerprint density at radius 3 is 2.26 bits per heavy atom. The number of amides is 2. The number of nitrogens with two attached hydrogens (primary N) is 1. The molecule has 23 heavy (non-hydrogen) atoms. The Hall–Kier alpha value is -2.18. The molecule has 0 saturated carbocycles. The van der Waals surface area contributed by atoms with Crippen molar-refractivity contribution in [3.8, 4) is 0 Å². The lowest BCUT2D eigenvalue weighted by Crippen LogP contribution is -2.47. The average molecular weight is 377 g/mol. The molecule has 0 unspecified atom stereocenters. The van der Waals surface area contributed by atoms with Crippen LogP contribution in [0.4, 0.5) is 0 Å². The second-order valence-corrected chi connectivity index (χ2v) is 6.02. The second-order valence-electron chi connectivity index (χ2n) is 5.11. The summed E-state index contributed by atoms with van der Waals surface area (Å²) in [4.78, 5) is 23.7. The standard InChI is InChI=1S/C17H17BrN2O3/c18-13-8-6-11(7-9-13)10-14(16(19)22)20-17(23)15(21)12-4-2-1-3-5-12/h1-9,14-15,21H,10H2,(H2,19,22)(H,20,23)/t14-,15-/m0/s1. The third kappa shape index (κ3) is 4.91. The van der Waals surface area contributed by atoms with E-state index >= 15 is 0 Å². The molecule has 2 aromatic rings. The van der Waals surface area contributed by atoms with Crippen molar-refractivity contribution in [1.82, 2.24) is 5.32 Å². The van der Waals surface area contributed by atoms with E-state index in [0.29, 0.717) is 5.56 Å². The first kappa shape index (κ1) is 17.2. The molecule has 2 atom stereocenters. The molecule has 0 saturated heterocycles. The molecule has 0 spiro atoms. The molecule has 0 aliphatic rings. The van der Waals surface area contributed by atoms with Crippen LogP contribution in [-0.4, -0.2) is 23.0 Å². The van der Waals surface area contributed by atoms with Crippen LogP contribution in [-0.2, 0) is 16.0 Å². The van der Waals surface area contributed by atoms with Gasteiger partial charge in [0.2, 0.25) is 5.91 Å². The van der Waals surface area contributed by atoms with Crippen LogP contribution in [0.15, 0.2) is 59.1 Å². The van der Waals surface area contributed by atoms with Crippen LogP contribution in [0.3, 0.4) is 0 Å². The summed E-state index contributed by atoms with van der Waals surface area (Å²) in [5.41, 5.74) is 6.67. The van der Waals surface area contributed by atoms with Gasteiger partial charge in [-0.3, -0.25) is 9.59 Å². The first-order valence-corrected chi connectivity index (χ1v) is 7.84. The molecular weight excluding hydrogens is 360 g/mol. The van der Waals surface area contributed by atoms with Crippen molar-refractivity contribution in [2.45, 2.75) is 18.6 Å². The van der Waals surface area contributed by atoms with E-state index in [2.05, 4.69) is 21.2 Å². The Morgan fingerprint density at radius 2 is 1.70 bits per heavy atom. The second kappa shape index (κ2) is 7.89. The van der Waals surface area contributed by atoms with Crippen LogP contribution in [0.2, 0.25) is 0 Å². The maximum absolute atomic E-state index is 12.1. The van der Waals surface area contributed by atoms with Crippen molar-refractivity contribution in [3.05, 3.63) is 70.2 Å². The SMILES string of the molecule is NC(=O)[C@H](Cc1ccc(Br)cc1)NC(=O)[C@@H](O)c1ccccc1. The Bertz CT molecular complexity index is 674. The van der Waals surface area contributed by atoms with Crippen LogP contribution in [0, 0.1) is 0 Å². The first-order chi connectivity index (χ1) is 11.0. The highest BCUT2D eigenvalue weighted by molar-refractivity contribution is 9.10. The minimum atomic E-state index is -1.34. The Kier molecular flexibility index (Phi) is 5.90. The Balaban J connectivity index is 2.05. The normalized spacial score (nSPS) is 13.1. The molecule has 4 N–H and O–H groups in total. The van der Waals surface area contributed by atoms with Gasteiger partial charge in [0.25, 0.3) is 5.91 Å². The molecule has 2 aromatic carbocycles. The maximum Gasteiger partial charge on any atom is 0.254 e. The number of hydrogen-bond acceptors (Lipinski definition) is 3. The number of carbonyl (C=O) groups is 2. The number of nitrogens with one attached hydrogen (secondary N) is 1. The predicted octanol–water partition coefficient (Wildman–Crippen LogP) is 1.70. The van der Waals surface area contributed by atoms with Crippen LogP contribution < -0.4 is 11.1 Å². The number of aliphatic hydroxyl groups excluding tert-OH is 1. The molecule has 120 valence electrons. The van der Waals surface area contributed by atoms with Crippen molar-refractivity contribution < 1.29 is 14.7 Å². The van der Waals surface area contributed by atoms with Gasteiger partial charge in [0.15, 0.2) is 6.10 Å². The van der Waals surface area contributed by atoms with E-state index < -0.39 is 24.0 Å². The average Bonchev–Trinajstić information content (AvgIpc) is 2.56. The molecule has 0 fully saturated rings. The molecular formula is C17H17BrN2O3. The minimum absolute atomic E-state index is 0.260. The molecule has 2 rings (SSSR count). The molecule has 5 nitrogen and oxygen atoms in total. The number of benzene rings is 2. The van der Waals surface area contributed by atoms with Crippen molar-refractivity contribution in [3.63, 3.8) is 0 Å². The van der Waals surface area contributed by atoms with E-state index in [1.165, 1.54) is 0 Å². The van der Waals surface area contributed by atoms with Crippen molar-refractivity contribution in [1.29, 1.82) is 0 Å². The lowest BCUT2D eigenvalue weighted by atomic mass is 10.0. The van der Waals surface area contributed by atoms with Gasteiger partial charge in [0.05, 0.1) is 0 Å². The van der Waals surface area contributed by atoms with Gasteiger partial charge in [-0.2, -0.15) is 0 Å². The highest BCUT2D eigenvalue weighted by Crippen LogP contribution is 2.14. The Labute approximate surface area is 142 Å². The van der Waals surface area contributed by atoms with E-state index in [9.17, 15) is 14.7 Å². The van der Waals surface area contributed by atoms with Gasteiger partial charge in [0.1, 0.15) is 6.04 Å². The fourth-order valence-electron chi connectivity index (χ4n) is 2.12. The van der Waals surface area contributed by atoms with Gasteiger partial charge in [-0.25, -0.2) is 0 Å². The zero-order chi connectivity index (χ0) is 16.8. The van der Waals surface area contributed by atoms with Crippen molar-refractivity contribution in [2.75, 3.05) is 0 Å². The molecule has 0 aromatic heterocycles. The van der Waals surface area contributed by atoms with Gasteiger partial charge in [-0.05, 0) is 23.3 Å². The number of rotatable bonds is 6. The maximum atomic E-state index is 12.1. The topological polar surface area (TPSA) is 92.4 Å². The molecule has 0 heterocycles. The molecule has 0 aliphatic carbocycles. The number of hydrogen-bond donors (Lipinski definition) is 3. The van der Waals surface area contributed by atoms with E-state index in [4.69, 9.17) is 5.73 Å². The summed E-state index contributed by atoms with van der Waals surface area (Å²) in [6, 6.07) is 15.0. The van der Waals surface area contributed by atoms with Crippen molar-refractivity contribution >= 4 is 27.7 Å². The summed E-state index contributed by atoms with van der Waals surface area (Å²) < 4.78 is 0.917. The molecule has 6 heteroatoms. The van der Waals surface area contributed by atoms with Crippen LogP contribution in [0.5, 0.6) is 0 Å². The fourth-order valence-corrected chi connectivity index (χ4v) is 2.38. The van der Waals surface area contributed by atoms with E-state index in [1.54, 1.807) is 30.3 Å². The first-order valence-electron chi connectivity index (χ1n) is 7.04. The van der Waals surface area contributed by atoms with Gasteiger partial charge in [-0.1, -0.05) is 58.4 Å². The highest BCUT2D eigenvalue weighted by atomic mass is 79.9. The number of carbonyl (C=O) groups excluding carboxylic acids is 2. The van der Waals surface area contributed by atoms with Gasteiger partial charge in [-0.15, -0.1) is 0 Å². The smallest absolute Gasteiger partial charge is 0.254 e. The third-order valence-corrected chi connectivity index (χ3v) is 3.91. The van der Waals surface area contributed by atoms with Crippen molar-refractivity contribution in [2.24, 2.45) is 5.73 Å². The van der Waals surface area contributed by atoms with E-state index in [-0.39, 0.29) is 6.42 Å². The molecule has 2 amide bonds. The lowest BCUT2D eigenvalue weighted by molar-refractivity contribution is -0.133. The summed E-state index contributed by atoms with van der Waals surface area (Å²) in [7, 11) is 0. The number of aliphatic hydroxyl groups is 1. The molecule has 0 aliphatic heterocycles. The monoisotopic (exact) mass is 376 g/mol. The van der Waals surface area contributed by atoms with Crippen LogP contribution in [0.1, 0.15) is 17.2 Å². The summed E-state index contributed by atoms with van der Waals surface area (Å²) in [6.45, 7) is 0.